The summed E-state index contributed by atoms with van der Waals surface area (Å²) in [5.74, 6) is 0.642. The molecular formula is C11H22N2O3S. The van der Waals surface area contributed by atoms with Crippen LogP contribution in [0.2, 0.25) is 0 Å². The van der Waals surface area contributed by atoms with Crippen molar-refractivity contribution in [3.63, 3.8) is 0 Å². The molecular weight excluding hydrogens is 240 g/mol. The zero-order chi connectivity index (χ0) is 12.9. The monoisotopic (exact) mass is 262 g/mol. The van der Waals surface area contributed by atoms with E-state index in [4.69, 9.17) is 0 Å². The van der Waals surface area contributed by atoms with E-state index in [0.29, 0.717) is 19.0 Å². The van der Waals surface area contributed by atoms with Crippen LogP contribution in [0.1, 0.15) is 26.7 Å². The van der Waals surface area contributed by atoms with Crippen molar-refractivity contribution in [1.29, 1.82) is 0 Å². The van der Waals surface area contributed by atoms with Gasteiger partial charge >= 0.3 is 0 Å². The van der Waals surface area contributed by atoms with Crippen LogP contribution in [0.4, 0.5) is 0 Å². The van der Waals surface area contributed by atoms with E-state index in [1.54, 1.807) is 0 Å². The summed E-state index contributed by atoms with van der Waals surface area (Å²) in [5.41, 5.74) is 0. The van der Waals surface area contributed by atoms with Crippen LogP contribution < -0.4 is 10.6 Å². The van der Waals surface area contributed by atoms with Gasteiger partial charge in [0, 0.05) is 25.6 Å². The largest absolute Gasteiger partial charge is 0.356 e. The molecule has 1 saturated heterocycles. The van der Waals surface area contributed by atoms with E-state index in [9.17, 15) is 13.2 Å². The highest BCUT2D eigenvalue weighted by atomic mass is 32.2. The molecule has 1 aliphatic heterocycles. The molecule has 5 nitrogen and oxygen atoms in total. The summed E-state index contributed by atoms with van der Waals surface area (Å²) in [6.07, 6.45) is 1.27. The van der Waals surface area contributed by atoms with Crippen LogP contribution in [0.3, 0.4) is 0 Å². The number of carbonyl (C=O) groups is 1. The first kappa shape index (κ1) is 14.4. The van der Waals surface area contributed by atoms with Gasteiger partial charge in [-0.15, -0.1) is 0 Å². The minimum atomic E-state index is -2.96. The Morgan fingerprint density at radius 3 is 2.82 bits per heavy atom. The van der Waals surface area contributed by atoms with Gasteiger partial charge in [0.2, 0.25) is 5.91 Å². The number of amides is 1. The Morgan fingerprint density at radius 2 is 2.24 bits per heavy atom. The predicted octanol–water partition coefficient (Wildman–Crippen LogP) is -0.0746. The van der Waals surface area contributed by atoms with Gasteiger partial charge in [0.25, 0.3) is 0 Å². The second-order valence-electron chi connectivity index (χ2n) is 4.79. The van der Waals surface area contributed by atoms with Gasteiger partial charge in [-0.25, -0.2) is 8.42 Å². The highest BCUT2D eigenvalue weighted by Gasteiger charge is 2.25. The van der Waals surface area contributed by atoms with Crippen LogP contribution in [0, 0.1) is 5.92 Å². The Balaban J connectivity index is 2.31. The van der Waals surface area contributed by atoms with Gasteiger partial charge in [-0.2, -0.15) is 0 Å². The van der Waals surface area contributed by atoms with Crippen molar-refractivity contribution >= 4 is 15.7 Å². The normalized spacial score (nSPS) is 25.2. The summed E-state index contributed by atoms with van der Waals surface area (Å²) >= 11 is 0. The molecule has 2 N–H and O–H groups in total. The Bertz CT molecular complexity index is 354. The zero-order valence-electron chi connectivity index (χ0n) is 10.5. The van der Waals surface area contributed by atoms with Crippen LogP contribution in [0.15, 0.2) is 0 Å². The fourth-order valence-corrected chi connectivity index (χ4v) is 3.17. The van der Waals surface area contributed by atoms with Crippen LogP contribution in [0.25, 0.3) is 0 Å². The lowest BCUT2D eigenvalue weighted by Gasteiger charge is -2.23. The first-order valence-corrected chi connectivity index (χ1v) is 7.95. The fourth-order valence-electron chi connectivity index (χ4n) is 1.73. The third-order valence-corrected chi connectivity index (χ3v) is 4.81. The molecule has 2 atom stereocenters. The molecule has 2 unspecified atom stereocenters. The van der Waals surface area contributed by atoms with Crippen LogP contribution >= 0.6 is 0 Å². The summed E-state index contributed by atoms with van der Waals surface area (Å²) in [5, 5.41) is 5.90. The lowest BCUT2D eigenvalue weighted by molar-refractivity contribution is -0.121. The molecule has 0 aromatic carbocycles. The smallest absolute Gasteiger partial charge is 0.221 e. The molecule has 0 aromatic rings. The Labute approximate surface area is 103 Å². The van der Waals surface area contributed by atoms with Gasteiger partial charge in [0.05, 0.1) is 11.5 Å². The van der Waals surface area contributed by atoms with Crippen LogP contribution in [-0.4, -0.2) is 45.0 Å². The first-order valence-electron chi connectivity index (χ1n) is 6.13. The van der Waals surface area contributed by atoms with Gasteiger partial charge in [0.1, 0.15) is 0 Å². The van der Waals surface area contributed by atoms with E-state index in [1.807, 2.05) is 0 Å². The second kappa shape index (κ2) is 6.35. The molecule has 0 spiro atoms. The van der Waals surface area contributed by atoms with E-state index in [2.05, 4.69) is 24.5 Å². The lowest BCUT2D eigenvalue weighted by Crippen LogP contribution is -2.47. The highest BCUT2D eigenvalue weighted by Crippen LogP contribution is 2.05. The molecule has 6 heteroatoms. The van der Waals surface area contributed by atoms with Gasteiger partial charge in [-0.1, -0.05) is 20.3 Å². The summed E-state index contributed by atoms with van der Waals surface area (Å²) in [4.78, 5) is 11.6. The molecule has 0 aliphatic carbocycles. The van der Waals surface area contributed by atoms with Crippen molar-refractivity contribution in [3.05, 3.63) is 0 Å². The number of carbonyl (C=O) groups excluding carboxylic acids is 1. The van der Waals surface area contributed by atoms with Crippen LogP contribution in [0.5, 0.6) is 0 Å². The van der Waals surface area contributed by atoms with Gasteiger partial charge in [-0.05, 0) is 5.92 Å². The first-order chi connectivity index (χ1) is 7.93. The minimum Gasteiger partial charge on any atom is -0.356 e. The third-order valence-electron chi connectivity index (χ3n) is 3.08. The average molecular weight is 262 g/mol. The van der Waals surface area contributed by atoms with Gasteiger partial charge in [0.15, 0.2) is 9.84 Å². The van der Waals surface area contributed by atoms with Crippen molar-refractivity contribution in [2.45, 2.75) is 32.7 Å². The van der Waals surface area contributed by atoms with E-state index in [1.165, 1.54) is 0 Å². The lowest BCUT2D eigenvalue weighted by atomic mass is 10.1. The maximum Gasteiger partial charge on any atom is 0.221 e. The Kier molecular flexibility index (Phi) is 5.39. The molecule has 0 aromatic heterocycles. The number of rotatable bonds is 5. The minimum absolute atomic E-state index is 0.0695. The summed E-state index contributed by atoms with van der Waals surface area (Å²) < 4.78 is 22.8. The zero-order valence-corrected chi connectivity index (χ0v) is 11.3. The van der Waals surface area contributed by atoms with Crippen molar-refractivity contribution in [2.75, 3.05) is 24.6 Å². The molecule has 100 valence electrons. The molecule has 0 bridgehead atoms. The third kappa shape index (κ3) is 5.50. The van der Waals surface area contributed by atoms with E-state index in [0.717, 1.165) is 6.42 Å². The maximum absolute atomic E-state index is 11.6. The summed E-state index contributed by atoms with van der Waals surface area (Å²) in [6.45, 7) is 5.26. The molecule has 1 aliphatic rings. The summed E-state index contributed by atoms with van der Waals surface area (Å²) in [7, 11) is -2.96. The molecule has 1 fully saturated rings. The van der Waals surface area contributed by atoms with Crippen molar-refractivity contribution in [3.8, 4) is 0 Å². The molecule has 17 heavy (non-hydrogen) atoms. The number of sulfone groups is 1. The average Bonchev–Trinajstić information content (AvgIpc) is 2.24. The van der Waals surface area contributed by atoms with Crippen molar-refractivity contribution < 1.29 is 13.2 Å². The van der Waals surface area contributed by atoms with Gasteiger partial charge in [-0.3, -0.25) is 4.79 Å². The summed E-state index contributed by atoms with van der Waals surface area (Å²) in [6, 6.07) is -0.231. The van der Waals surface area contributed by atoms with E-state index >= 15 is 0 Å². The Morgan fingerprint density at radius 1 is 1.53 bits per heavy atom. The quantitative estimate of drug-likeness (QED) is 0.727. The number of hydrogen-bond donors (Lipinski definition) is 2. The standard InChI is InChI=1S/C11H22N2O3S/c1-3-9(2)7-13-11(14)6-10-8-17(15,16)5-4-12-10/h9-10,12H,3-8H2,1-2H3,(H,13,14). The molecule has 1 rings (SSSR count). The topological polar surface area (TPSA) is 75.3 Å². The predicted molar refractivity (Wildman–Crippen MR) is 67.5 cm³/mol. The van der Waals surface area contributed by atoms with Crippen molar-refractivity contribution in [1.82, 2.24) is 10.6 Å². The van der Waals surface area contributed by atoms with E-state index in [-0.39, 0.29) is 29.9 Å². The fraction of sp³-hybridized carbons (Fsp3) is 0.909. The molecule has 0 saturated carbocycles. The van der Waals surface area contributed by atoms with Gasteiger partial charge < -0.3 is 10.6 Å². The van der Waals surface area contributed by atoms with Crippen molar-refractivity contribution in [2.24, 2.45) is 5.92 Å². The maximum atomic E-state index is 11.6. The molecule has 0 radical (unpaired) electrons. The highest BCUT2D eigenvalue weighted by molar-refractivity contribution is 7.91. The molecule has 1 amide bonds. The number of nitrogens with one attached hydrogen (secondary N) is 2. The number of hydrogen-bond acceptors (Lipinski definition) is 4. The van der Waals surface area contributed by atoms with E-state index < -0.39 is 9.84 Å². The second-order valence-corrected chi connectivity index (χ2v) is 7.02. The SMILES string of the molecule is CCC(C)CNC(=O)CC1CS(=O)(=O)CCN1. The molecule has 1 heterocycles. The Hall–Kier alpha value is -0.620. The van der Waals surface area contributed by atoms with Crippen LogP contribution in [-0.2, 0) is 14.6 Å².